The van der Waals surface area contributed by atoms with Gasteiger partial charge >= 0.3 is 0 Å². The summed E-state index contributed by atoms with van der Waals surface area (Å²) < 4.78 is 5.04. The van der Waals surface area contributed by atoms with Gasteiger partial charge in [-0.25, -0.2) is 0 Å². The molecule has 1 aliphatic rings. The lowest BCUT2D eigenvalue weighted by Gasteiger charge is -2.41. The zero-order chi connectivity index (χ0) is 9.73. The van der Waals surface area contributed by atoms with Crippen molar-refractivity contribution in [2.45, 2.75) is 45.1 Å². The Hall–Kier alpha value is -0.570. The Bertz CT molecular complexity index is 170. The van der Waals surface area contributed by atoms with Crippen LogP contribution in [0.3, 0.4) is 0 Å². The van der Waals surface area contributed by atoms with Gasteiger partial charge < -0.3 is 10.1 Å². The molecule has 1 amide bonds. The van der Waals surface area contributed by atoms with Crippen LogP contribution < -0.4 is 5.32 Å². The fraction of sp³-hybridized carbons (Fsp3) is 0.900. The van der Waals surface area contributed by atoms with Crippen LogP contribution in [0.2, 0.25) is 0 Å². The molecule has 0 aliphatic heterocycles. The number of nitrogens with one attached hydrogen (secondary N) is 1. The minimum atomic E-state index is 0.0309. The Kier molecular flexibility index (Phi) is 3.72. The molecule has 3 heteroatoms. The molecule has 0 aromatic carbocycles. The summed E-state index contributed by atoms with van der Waals surface area (Å²) in [6.45, 7) is 4.83. The third-order valence-corrected chi connectivity index (χ3v) is 2.83. The minimum absolute atomic E-state index is 0.0309. The summed E-state index contributed by atoms with van der Waals surface area (Å²) in [5.41, 5.74) is 0.105. The topological polar surface area (TPSA) is 38.3 Å². The highest BCUT2D eigenvalue weighted by Crippen LogP contribution is 2.34. The van der Waals surface area contributed by atoms with Gasteiger partial charge in [0.15, 0.2) is 0 Å². The van der Waals surface area contributed by atoms with E-state index in [9.17, 15) is 4.79 Å². The molecule has 0 saturated heterocycles. The van der Waals surface area contributed by atoms with Crippen molar-refractivity contribution in [2.24, 2.45) is 0 Å². The number of rotatable bonds is 5. The predicted octanol–water partition coefficient (Wildman–Crippen LogP) is 1.47. The van der Waals surface area contributed by atoms with Gasteiger partial charge in [-0.2, -0.15) is 0 Å². The maximum absolute atomic E-state index is 11.3. The van der Waals surface area contributed by atoms with Crippen molar-refractivity contribution in [2.75, 3.05) is 13.2 Å². The minimum Gasteiger partial charge on any atom is -0.372 e. The van der Waals surface area contributed by atoms with Crippen molar-refractivity contribution in [3.63, 3.8) is 0 Å². The van der Waals surface area contributed by atoms with E-state index in [0.29, 0.717) is 6.61 Å². The van der Waals surface area contributed by atoms with Crippen LogP contribution in [0.25, 0.3) is 0 Å². The number of carbonyl (C=O) groups is 1. The first kappa shape index (κ1) is 10.5. The second-order valence-electron chi connectivity index (χ2n) is 3.67. The SMILES string of the molecule is CCOCC(=O)NC1(CC)CCC1. The number of hydrogen-bond donors (Lipinski definition) is 1. The Morgan fingerprint density at radius 2 is 2.15 bits per heavy atom. The lowest BCUT2D eigenvalue weighted by Crippen LogP contribution is -2.53. The molecular weight excluding hydrogens is 166 g/mol. The lowest BCUT2D eigenvalue weighted by atomic mass is 9.75. The maximum Gasteiger partial charge on any atom is 0.246 e. The van der Waals surface area contributed by atoms with E-state index in [1.165, 1.54) is 6.42 Å². The van der Waals surface area contributed by atoms with Crippen LogP contribution in [0.4, 0.5) is 0 Å². The fourth-order valence-electron chi connectivity index (χ4n) is 1.70. The second kappa shape index (κ2) is 4.61. The summed E-state index contributed by atoms with van der Waals surface area (Å²) >= 11 is 0. The van der Waals surface area contributed by atoms with E-state index in [1.54, 1.807) is 0 Å². The molecule has 0 atom stereocenters. The van der Waals surface area contributed by atoms with E-state index < -0.39 is 0 Å². The number of amides is 1. The zero-order valence-electron chi connectivity index (χ0n) is 8.56. The van der Waals surface area contributed by atoms with Gasteiger partial charge in [0.2, 0.25) is 5.91 Å². The van der Waals surface area contributed by atoms with Crippen molar-refractivity contribution in [3.8, 4) is 0 Å². The van der Waals surface area contributed by atoms with Crippen LogP contribution in [0.5, 0.6) is 0 Å². The number of ether oxygens (including phenoxy) is 1. The molecule has 0 heterocycles. The first-order chi connectivity index (χ1) is 6.22. The molecule has 0 radical (unpaired) electrons. The van der Waals surface area contributed by atoms with Gasteiger partial charge in [-0.05, 0) is 32.6 Å². The Morgan fingerprint density at radius 3 is 2.54 bits per heavy atom. The van der Waals surface area contributed by atoms with Crippen LogP contribution in [0, 0.1) is 0 Å². The largest absolute Gasteiger partial charge is 0.372 e. The monoisotopic (exact) mass is 185 g/mol. The molecule has 76 valence electrons. The van der Waals surface area contributed by atoms with Crippen molar-refractivity contribution >= 4 is 5.91 Å². The molecule has 1 fully saturated rings. The first-order valence-electron chi connectivity index (χ1n) is 5.11. The highest BCUT2D eigenvalue weighted by Gasteiger charge is 2.36. The van der Waals surface area contributed by atoms with Crippen molar-refractivity contribution in [1.82, 2.24) is 5.32 Å². The Balaban J connectivity index is 2.25. The van der Waals surface area contributed by atoms with Crippen LogP contribution in [-0.2, 0) is 9.53 Å². The maximum atomic E-state index is 11.3. The molecule has 1 rings (SSSR count). The number of carbonyl (C=O) groups excluding carboxylic acids is 1. The molecule has 1 aliphatic carbocycles. The van der Waals surface area contributed by atoms with Gasteiger partial charge in [0, 0.05) is 12.1 Å². The van der Waals surface area contributed by atoms with E-state index >= 15 is 0 Å². The smallest absolute Gasteiger partial charge is 0.246 e. The quantitative estimate of drug-likeness (QED) is 0.704. The molecule has 3 nitrogen and oxygen atoms in total. The zero-order valence-corrected chi connectivity index (χ0v) is 8.56. The summed E-state index contributed by atoms with van der Waals surface area (Å²) in [5.74, 6) is 0.0309. The van der Waals surface area contributed by atoms with Crippen LogP contribution in [0.15, 0.2) is 0 Å². The molecule has 0 aromatic rings. The summed E-state index contributed by atoms with van der Waals surface area (Å²) in [7, 11) is 0. The Labute approximate surface area is 79.8 Å². The van der Waals surface area contributed by atoms with Gasteiger partial charge in [0.1, 0.15) is 6.61 Å². The molecule has 0 unspecified atom stereocenters. The van der Waals surface area contributed by atoms with Crippen molar-refractivity contribution < 1.29 is 9.53 Å². The Morgan fingerprint density at radius 1 is 1.46 bits per heavy atom. The highest BCUT2D eigenvalue weighted by atomic mass is 16.5. The molecule has 0 aromatic heterocycles. The molecule has 0 spiro atoms. The molecule has 1 N–H and O–H groups in total. The van der Waals surface area contributed by atoms with E-state index in [4.69, 9.17) is 4.74 Å². The lowest BCUT2D eigenvalue weighted by molar-refractivity contribution is -0.128. The highest BCUT2D eigenvalue weighted by molar-refractivity contribution is 5.78. The standard InChI is InChI=1S/C10H19NO2/c1-3-10(6-5-7-10)11-9(12)8-13-4-2/h3-8H2,1-2H3,(H,11,12). The van der Waals surface area contributed by atoms with Crippen molar-refractivity contribution in [3.05, 3.63) is 0 Å². The summed E-state index contributed by atoms with van der Waals surface area (Å²) in [4.78, 5) is 11.3. The average molecular weight is 185 g/mol. The third kappa shape index (κ3) is 2.69. The summed E-state index contributed by atoms with van der Waals surface area (Å²) in [6, 6.07) is 0. The van der Waals surface area contributed by atoms with Crippen LogP contribution in [0.1, 0.15) is 39.5 Å². The van der Waals surface area contributed by atoms with Gasteiger partial charge in [-0.15, -0.1) is 0 Å². The van der Waals surface area contributed by atoms with Gasteiger partial charge in [0.25, 0.3) is 0 Å². The predicted molar refractivity (Wildman–Crippen MR) is 51.5 cm³/mol. The van der Waals surface area contributed by atoms with Gasteiger partial charge in [0.05, 0.1) is 0 Å². The van der Waals surface area contributed by atoms with Crippen molar-refractivity contribution in [1.29, 1.82) is 0 Å². The third-order valence-electron chi connectivity index (χ3n) is 2.83. The molecule has 13 heavy (non-hydrogen) atoms. The van der Waals surface area contributed by atoms with E-state index in [1.807, 2.05) is 6.92 Å². The molecule has 0 bridgehead atoms. The van der Waals surface area contributed by atoms with Gasteiger partial charge in [-0.3, -0.25) is 4.79 Å². The second-order valence-corrected chi connectivity index (χ2v) is 3.67. The van der Waals surface area contributed by atoms with Crippen LogP contribution in [-0.4, -0.2) is 24.7 Å². The summed E-state index contributed by atoms with van der Waals surface area (Å²) in [5, 5.41) is 3.05. The van der Waals surface area contributed by atoms with E-state index in [0.717, 1.165) is 19.3 Å². The molecular formula is C10H19NO2. The normalized spacial score (nSPS) is 19.2. The first-order valence-corrected chi connectivity index (χ1v) is 5.11. The average Bonchev–Trinajstić information content (AvgIpc) is 2.08. The number of hydrogen-bond acceptors (Lipinski definition) is 2. The fourth-order valence-corrected chi connectivity index (χ4v) is 1.70. The van der Waals surface area contributed by atoms with Crippen LogP contribution >= 0.6 is 0 Å². The van der Waals surface area contributed by atoms with Gasteiger partial charge in [-0.1, -0.05) is 6.92 Å². The summed E-state index contributed by atoms with van der Waals surface area (Å²) in [6.07, 6.45) is 4.52. The van der Waals surface area contributed by atoms with E-state index in [-0.39, 0.29) is 18.1 Å². The van der Waals surface area contributed by atoms with E-state index in [2.05, 4.69) is 12.2 Å². The molecule has 1 saturated carbocycles.